The first-order chi connectivity index (χ1) is 9.19. The second-order valence-corrected chi connectivity index (χ2v) is 6.01. The van der Waals surface area contributed by atoms with Crippen LogP contribution < -0.4 is 0 Å². The van der Waals surface area contributed by atoms with Crippen molar-refractivity contribution in [1.82, 2.24) is 9.97 Å². The molecule has 1 N–H and O–H groups in total. The average Bonchev–Trinajstić information content (AvgIpc) is 2.39. The summed E-state index contributed by atoms with van der Waals surface area (Å²) in [5.74, 6) is 0.631. The fourth-order valence-electron chi connectivity index (χ4n) is 1.62. The monoisotopic (exact) mass is 294 g/mol. The first kappa shape index (κ1) is 14.3. The molecule has 0 aliphatic rings. The Balaban J connectivity index is 2.25. The maximum Gasteiger partial charge on any atom is 0.162 e. The smallest absolute Gasteiger partial charge is 0.162 e. The largest absolute Gasteiger partial charge is 0.396 e. The van der Waals surface area contributed by atoms with Crippen LogP contribution in [0.3, 0.4) is 0 Å². The molecule has 0 amide bonds. The Hall–Kier alpha value is -1.10. The highest BCUT2D eigenvalue weighted by Crippen LogP contribution is 2.27. The number of rotatable bonds is 5. The Morgan fingerprint density at radius 3 is 2.68 bits per heavy atom. The van der Waals surface area contributed by atoms with Gasteiger partial charge < -0.3 is 5.11 Å². The zero-order valence-corrected chi connectivity index (χ0v) is 12.2. The highest BCUT2D eigenvalue weighted by Gasteiger charge is 2.09. The highest BCUT2D eigenvalue weighted by atomic mass is 35.5. The zero-order chi connectivity index (χ0) is 13.7. The minimum absolute atomic E-state index is 0.179. The van der Waals surface area contributed by atoms with E-state index in [0.717, 1.165) is 17.0 Å². The summed E-state index contributed by atoms with van der Waals surface area (Å²) in [7, 11) is 0. The third-order valence-corrected chi connectivity index (χ3v) is 3.84. The minimum Gasteiger partial charge on any atom is -0.396 e. The van der Waals surface area contributed by atoms with E-state index < -0.39 is 0 Å². The normalized spacial score (nSPS) is 12.4. The Morgan fingerprint density at radius 1 is 1.26 bits per heavy atom. The van der Waals surface area contributed by atoms with E-state index in [0.29, 0.717) is 16.2 Å². The van der Waals surface area contributed by atoms with E-state index in [2.05, 4.69) is 16.9 Å². The molecular weight excluding hydrogens is 280 g/mol. The van der Waals surface area contributed by atoms with E-state index >= 15 is 0 Å². The second kappa shape index (κ2) is 6.89. The molecule has 0 saturated carbocycles. The van der Waals surface area contributed by atoms with E-state index in [9.17, 15) is 0 Å². The topological polar surface area (TPSA) is 46.0 Å². The lowest BCUT2D eigenvalue weighted by atomic mass is 10.2. The van der Waals surface area contributed by atoms with Crippen LogP contribution >= 0.6 is 23.4 Å². The van der Waals surface area contributed by atoms with Crippen molar-refractivity contribution >= 4 is 23.4 Å². The molecule has 0 fully saturated rings. The molecule has 0 radical (unpaired) electrons. The van der Waals surface area contributed by atoms with Crippen molar-refractivity contribution in [2.45, 2.75) is 23.6 Å². The number of thioether (sulfide) groups is 1. The van der Waals surface area contributed by atoms with Gasteiger partial charge in [-0.2, -0.15) is 0 Å². The lowest BCUT2D eigenvalue weighted by Gasteiger charge is -2.10. The predicted octanol–water partition coefficient (Wildman–Crippen LogP) is 3.66. The number of hydrogen-bond donors (Lipinski definition) is 1. The number of nitrogens with zero attached hydrogens (tertiary/aromatic N) is 2. The average molecular weight is 295 g/mol. The molecule has 1 heterocycles. The van der Waals surface area contributed by atoms with Crippen LogP contribution in [-0.2, 0) is 0 Å². The van der Waals surface area contributed by atoms with Crippen molar-refractivity contribution in [1.29, 1.82) is 0 Å². The van der Waals surface area contributed by atoms with E-state index in [4.69, 9.17) is 16.7 Å². The van der Waals surface area contributed by atoms with Crippen LogP contribution in [0.2, 0.25) is 5.15 Å². The standard InChI is InChI=1S/C14H15ClN2OS/c1-10(7-8-18)19-13-9-12(15)16-14(17-13)11-5-3-2-4-6-11/h2-6,9-10,18H,7-8H2,1H3. The SMILES string of the molecule is CC(CCO)Sc1cc(Cl)nc(-c2ccccc2)n1. The molecule has 0 aliphatic heterocycles. The molecule has 2 rings (SSSR count). The lowest BCUT2D eigenvalue weighted by molar-refractivity contribution is 0.289. The van der Waals surface area contributed by atoms with E-state index in [1.165, 1.54) is 0 Å². The molecule has 100 valence electrons. The van der Waals surface area contributed by atoms with Gasteiger partial charge in [-0.1, -0.05) is 48.9 Å². The maximum atomic E-state index is 8.93. The molecule has 0 saturated heterocycles. The van der Waals surface area contributed by atoms with Crippen LogP contribution in [0.15, 0.2) is 41.4 Å². The Morgan fingerprint density at radius 2 is 2.00 bits per heavy atom. The number of halogens is 1. The van der Waals surface area contributed by atoms with Gasteiger partial charge in [0.15, 0.2) is 5.82 Å². The van der Waals surface area contributed by atoms with Crippen LogP contribution in [0.1, 0.15) is 13.3 Å². The van der Waals surface area contributed by atoms with Gasteiger partial charge in [0.05, 0.1) is 0 Å². The number of aromatic nitrogens is 2. The van der Waals surface area contributed by atoms with Crippen molar-refractivity contribution in [2.75, 3.05) is 6.61 Å². The van der Waals surface area contributed by atoms with Gasteiger partial charge in [-0.3, -0.25) is 0 Å². The molecule has 1 aromatic carbocycles. The van der Waals surface area contributed by atoms with Crippen LogP contribution in [0, 0.1) is 0 Å². The fraction of sp³-hybridized carbons (Fsp3) is 0.286. The maximum absolute atomic E-state index is 8.93. The Labute approximate surface area is 122 Å². The van der Waals surface area contributed by atoms with Crippen molar-refractivity contribution in [2.24, 2.45) is 0 Å². The summed E-state index contributed by atoms with van der Waals surface area (Å²) in [5, 5.41) is 10.5. The van der Waals surface area contributed by atoms with Gasteiger partial charge >= 0.3 is 0 Å². The van der Waals surface area contributed by atoms with Crippen molar-refractivity contribution in [3.05, 3.63) is 41.6 Å². The summed E-state index contributed by atoms with van der Waals surface area (Å²) in [4.78, 5) is 8.76. The second-order valence-electron chi connectivity index (χ2n) is 4.16. The van der Waals surface area contributed by atoms with E-state index in [1.807, 2.05) is 30.3 Å². The summed E-state index contributed by atoms with van der Waals surface area (Å²) < 4.78 is 0. The third-order valence-electron chi connectivity index (χ3n) is 2.56. The molecule has 1 atom stereocenters. The van der Waals surface area contributed by atoms with E-state index in [1.54, 1.807) is 17.8 Å². The molecule has 0 bridgehead atoms. The first-order valence-electron chi connectivity index (χ1n) is 6.06. The van der Waals surface area contributed by atoms with Gasteiger partial charge in [0, 0.05) is 23.5 Å². The van der Waals surface area contributed by atoms with Crippen LogP contribution in [0.25, 0.3) is 11.4 Å². The van der Waals surface area contributed by atoms with Crippen LogP contribution in [0.4, 0.5) is 0 Å². The number of aliphatic hydroxyl groups is 1. The van der Waals surface area contributed by atoms with Crippen LogP contribution in [-0.4, -0.2) is 26.9 Å². The summed E-state index contributed by atoms with van der Waals surface area (Å²) in [6.07, 6.45) is 0.729. The Bertz CT molecular complexity index is 536. The van der Waals surface area contributed by atoms with Gasteiger partial charge in [-0.15, -0.1) is 11.8 Å². The van der Waals surface area contributed by atoms with Crippen molar-refractivity contribution < 1.29 is 5.11 Å². The lowest BCUT2D eigenvalue weighted by Crippen LogP contribution is -2.01. The van der Waals surface area contributed by atoms with Crippen molar-refractivity contribution in [3.63, 3.8) is 0 Å². The molecule has 1 aromatic heterocycles. The van der Waals surface area contributed by atoms with Gasteiger partial charge in [-0.05, 0) is 6.42 Å². The number of hydrogen-bond acceptors (Lipinski definition) is 4. The summed E-state index contributed by atoms with van der Waals surface area (Å²) in [6, 6.07) is 11.5. The Kier molecular flexibility index (Phi) is 5.19. The van der Waals surface area contributed by atoms with E-state index in [-0.39, 0.29) is 6.61 Å². The summed E-state index contributed by atoms with van der Waals surface area (Å²) in [5.41, 5.74) is 0.946. The predicted molar refractivity (Wildman–Crippen MR) is 79.5 cm³/mol. The minimum atomic E-state index is 0.179. The summed E-state index contributed by atoms with van der Waals surface area (Å²) >= 11 is 7.64. The van der Waals surface area contributed by atoms with Gasteiger partial charge in [0.1, 0.15) is 10.2 Å². The van der Waals surface area contributed by atoms with Crippen LogP contribution in [0.5, 0.6) is 0 Å². The van der Waals surface area contributed by atoms with Gasteiger partial charge in [-0.25, -0.2) is 9.97 Å². The van der Waals surface area contributed by atoms with Crippen molar-refractivity contribution in [3.8, 4) is 11.4 Å². The quantitative estimate of drug-likeness (QED) is 0.675. The molecule has 2 aromatic rings. The molecule has 5 heteroatoms. The van der Waals surface area contributed by atoms with Gasteiger partial charge in [0.25, 0.3) is 0 Å². The molecular formula is C14H15ClN2OS. The first-order valence-corrected chi connectivity index (χ1v) is 7.32. The molecule has 0 spiro atoms. The fourth-order valence-corrected chi connectivity index (χ4v) is 2.82. The third kappa shape index (κ3) is 4.20. The molecule has 0 aliphatic carbocycles. The number of benzene rings is 1. The summed E-state index contributed by atoms with van der Waals surface area (Å²) in [6.45, 7) is 2.23. The number of aliphatic hydroxyl groups excluding tert-OH is 1. The highest BCUT2D eigenvalue weighted by molar-refractivity contribution is 7.99. The molecule has 1 unspecified atom stereocenters. The molecule has 3 nitrogen and oxygen atoms in total. The molecule has 19 heavy (non-hydrogen) atoms. The zero-order valence-electron chi connectivity index (χ0n) is 10.6. The van der Waals surface area contributed by atoms with Gasteiger partial charge in [0.2, 0.25) is 0 Å².